The molecule has 2 N–H and O–H groups in total. The molecule has 0 atom stereocenters. The standard InChI is InChI=1S/C14H21N3OS/c1-3-4-12-17-10(2)13(19-12)14(18)16-9-11-5-7-15-8-6-11/h5,15H,3-4,6-9H2,1-2H3,(H,16,18). The lowest BCUT2D eigenvalue weighted by Crippen LogP contribution is -2.29. The molecule has 2 rings (SSSR count). The zero-order chi connectivity index (χ0) is 13.7. The number of aromatic nitrogens is 1. The number of rotatable bonds is 5. The zero-order valence-electron chi connectivity index (χ0n) is 11.6. The first-order chi connectivity index (χ1) is 9.20. The van der Waals surface area contributed by atoms with E-state index in [0.717, 1.165) is 47.9 Å². The minimum Gasteiger partial charge on any atom is -0.348 e. The van der Waals surface area contributed by atoms with Crippen LogP contribution in [0.5, 0.6) is 0 Å². The Morgan fingerprint density at radius 2 is 2.42 bits per heavy atom. The Bertz CT molecular complexity index is 479. The molecular formula is C14H21N3OS. The Morgan fingerprint density at radius 1 is 1.58 bits per heavy atom. The number of aryl methyl sites for hydroxylation is 2. The van der Waals surface area contributed by atoms with Gasteiger partial charge in [0.1, 0.15) is 4.88 Å². The molecule has 104 valence electrons. The van der Waals surface area contributed by atoms with E-state index in [-0.39, 0.29) is 5.91 Å². The van der Waals surface area contributed by atoms with E-state index in [1.807, 2.05) is 6.92 Å². The van der Waals surface area contributed by atoms with Gasteiger partial charge in [-0.1, -0.05) is 18.6 Å². The maximum atomic E-state index is 12.1. The van der Waals surface area contributed by atoms with Gasteiger partial charge in [-0.25, -0.2) is 4.98 Å². The molecule has 0 unspecified atom stereocenters. The van der Waals surface area contributed by atoms with Crippen molar-refractivity contribution in [3.05, 3.63) is 27.2 Å². The van der Waals surface area contributed by atoms with Crippen LogP contribution < -0.4 is 10.6 Å². The summed E-state index contributed by atoms with van der Waals surface area (Å²) in [5.74, 6) is 0.0109. The summed E-state index contributed by atoms with van der Waals surface area (Å²) in [4.78, 5) is 17.4. The first kappa shape index (κ1) is 14.2. The van der Waals surface area contributed by atoms with E-state index in [9.17, 15) is 4.79 Å². The zero-order valence-corrected chi connectivity index (χ0v) is 12.4. The first-order valence-electron chi connectivity index (χ1n) is 6.83. The van der Waals surface area contributed by atoms with Gasteiger partial charge in [0.05, 0.1) is 10.7 Å². The Kier molecular flexibility index (Phi) is 5.10. The fourth-order valence-electron chi connectivity index (χ4n) is 2.09. The number of hydrogen-bond acceptors (Lipinski definition) is 4. The van der Waals surface area contributed by atoms with Crippen molar-refractivity contribution in [1.29, 1.82) is 0 Å². The SMILES string of the molecule is CCCc1nc(C)c(C(=O)NCC2=CCNCC2)s1. The van der Waals surface area contributed by atoms with Crippen molar-refractivity contribution in [2.24, 2.45) is 0 Å². The molecule has 1 aromatic heterocycles. The predicted molar refractivity (Wildman–Crippen MR) is 78.7 cm³/mol. The third kappa shape index (κ3) is 3.88. The second-order valence-corrected chi connectivity index (χ2v) is 5.85. The molecule has 0 saturated carbocycles. The largest absolute Gasteiger partial charge is 0.348 e. The molecule has 0 radical (unpaired) electrons. The van der Waals surface area contributed by atoms with Crippen molar-refractivity contribution >= 4 is 17.2 Å². The summed E-state index contributed by atoms with van der Waals surface area (Å²) in [6.07, 6.45) is 5.19. The van der Waals surface area contributed by atoms with Gasteiger partial charge in [-0.15, -0.1) is 11.3 Å². The van der Waals surface area contributed by atoms with E-state index in [1.165, 1.54) is 16.9 Å². The van der Waals surface area contributed by atoms with E-state index in [4.69, 9.17) is 0 Å². The van der Waals surface area contributed by atoms with E-state index in [0.29, 0.717) is 6.54 Å². The minimum absolute atomic E-state index is 0.0109. The highest BCUT2D eigenvalue weighted by Crippen LogP contribution is 2.19. The molecule has 0 aromatic carbocycles. The van der Waals surface area contributed by atoms with Gasteiger partial charge in [0.15, 0.2) is 0 Å². The van der Waals surface area contributed by atoms with Gasteiger partial charge in [0.25, 0.3) is 5.91 Å². The van der Waals surface area contributed by atoms with Crippen LogP contribution in [0.25, 0.3) is 0 Å². The van der Waals surface area contributed by atoms with Crippen molar-refractivity contribution in [3.63, 3.8) is 0 Å². The van der Waals surface area contributed by atoms with Crippen molar-refractivity contribution < 1.29 is 4.79 Å². The molecular weight excluding hydrogens is 258 g/mol. The molecule has 2 heterocycles. The highest BCUT2D eigenvalue weighted by molar-refractivity contribution is 7.13. The molecule has 0 aliphatic carbocycles. The van der Waals surface area contributed by atoms with Gasteiger partial charge < -0.3 is 10.6 Å². The highest BCUT2D eigenvalue weighted by Gasteiger charge is 2.15. The Labute approximate surface area is 118 Å². The summed E-state index contributed by atoms with van der Waals surface area (Å²) in [6, 6.07) is 0. The van der Waals surface area contributed by atoms with Gasteiger partial charge in [-0.2, -0.15) is 0 Å². The number of nitrogens with zero attached hydrogens (tertiary/aromatic N) is 1. The molecule has 1 aliphatic heterocycles. The number of carbonyl (C=O) groups is 1. The summed E-state index contributed by atoms with van der Waals surface area (Å²) in [5, 5.41) is 7.33. The highest BCUT2D eigenvalue weighted by atomic mass is 32.1. The lowest BCUT2D eigenvalue weighted by atomic mass is 10.1. The quantitative estimate of drug-likeness (QED) is 0.811. The number of nitrogens with one attached hydrogen (secondary N) is 2. The minimum atomic E-state index is 0.0109. The first-order valence-corrected chi connectivity index (χ1v) is 7.65. The van der Waals surface area contributed by atoms with Crippen LogP contribution in [0.2, 0.25) is 0 Å². The molecule has 0 fully saturated rings. The summed E-state index contributed by atoms with van der Waals surface area (Å²) < 4.78 is 0. The average Bonchev–Trinajstić information content (AvgIpc) is 2.79. The van der Waals surface area contributed by atoms with Crippen LogP contribution in [0.1, 0.15) is 40.1 Å². The van der Waals surface area contributed by atoms with E-state index in [2.05, 4.69) is 28.6 Å². The number of carbonyl (C=O) groups excluding carboxylic acids is 1. The number of thiazole rings is 1. The number of amides is 1. The molecule has 0 bridgehead atoms. The van der Waals surface area contributed by atoms with Crippen molar-refractivity contribution in [2.45, 2.75) is 33.1 Å². The summed E-state index contributed by atoms with van der Waals surface area (Å²) >= 11 is 1.52. The molecule has 5 heteroatoms. The van der Waals surface area contributed by atoms with Crippen LogP contribution >= 0.6 is 11.3 Å². The number of hydrogen-bond donors (Lipinski definition) is 2. The molecule has 0 spiro atoms. The smallest absolute Gasteiger partial charge is 0.263 e. The predicted octanol–water partition coefficient (Wildman–Crippen LogP) is 2.05. The summed E-state index contributed by atoms with van der Waals surface area (Å²) in [7, 11) is 0. The fourth-order valence-corrected chi connectivity index (χ4v) is 3.17. The topological polar surface area (TPSA) is 54.0 Å². The Morgan fingerprint density at radius 3 is 3.11 bits per heavy atom. The maximum Gasteiger partial charge on any atom is 0.263 e. The van der Waals surface area contributed by atoms with Crippen LogP contribution in [-0.4, -0.2) is 30.5 Å². The van der Waals surface area contributed by atoms with Gasteiger partial charge in [0.2, 0.25) is 0 Å². The third-order valence-electron chi connectivity index (χ3n) is 3.14. The molecule has 1 aromatic rings. The monoisotopic (exact) mass is 279 g/mol. The average molecular weight is 279 g/mol. The Balaban J connectivity index is 1.93. The van der Waals surface area contributed by atoms with Crippen LogP contribution in [0.4, 0.5) is 0 Å². The van der Waals surface area contributed by atoms with Crippen molar-refractivity contribution in [3.8, 4) is 0 Å². The third-order valence-corrected chi connectivity index (χ3v) is 4.36. The fraction of sp³-hybridized carbons (Fsp3) is 0.571. The van der Waals surface area contributed by atoms with Gasteiger partial charge in [0, 0.05) is 13.1 Å². The lowest BCUT2D eigenvalue weighted by molar-refractivity contribution is 0.0960. The van der Waals surface area contributed by atoms with E-state index in [1.54, 1.807) is 0 Å². The van der Waals surface area contributed by atoms with E-state index < -0.39 is 0 Å². The Hall–Kier alpha value is -1.20. The molecule has 4 nitrogen and oxygen atoms in total. The van der Waals surface area contributed by atoms with E-state index >= 15 is 0 Å². The second-order valence-electron chi connectivity index (χ2n) is 4.77. The van der Waals surface area contributed by atoms with Gasteiger partial charge >= 0.3 is 0 Å². The molecule has 1 aliphatic rings. The summed E-state index contributed by atoms with van der Waals surface area (Å²) in [5.41, 5.74) is 2.16. The van der Waals surface area contributed by atoms with Crippen molar-refractivity contribution in [2.75, 3.05) is 19.6 Å². The van der Waals surface area contributed by atoms with Gasteiger partial charge in [-0.3, -0.25) is 4.79 Å². The normalized spacial score (nSPS) is 15.2. The van der Waals surface area contributed by atoms with Crippen molar-refractivity contribution in [1.82, 2.24) is 15.6 Å². The van der Waals surface area contributed by atoms with Crippen LogP contribution in [0, 0.1) is 6.92 Å². The summed E-state index contributed by atoms with van der Waals surface area (Å²) in [6.45, 7) is 6.60. The lowest BCUT2D eigenvalue weighted by Gasteiger charge is -2.14. The molecule has 19 heavy (non-hydrogen) atoms. The van der Waals surface area contributed by atoms with Crippen LogP contribution in [0.3, 0.4) is 0 Å². The van der Waals surface area contributed by atoms with Gasteiger partial charge in [-0.05, 0) is 32.7 Å². The van der Waals surface area contributed by atoms with Crippen LogP contribution in [-0.2, 0) is 6.42 Å². The maximum absolute atomic E-state index is 12.1. The molecule has 0 saturated heterocycles. The second kappa shape index (κ2) is 6.82. The molecule has 1 amide bonds. The van der Waals surface area contributed by atoms with Crippen LogP contribution in [0.15, 0.2) is 11.6 Å².